The number of rotatable bonds is 4. The molecule has 0 aliphatic heterocycles. The van der Waals surface area contributed by atoms with Gasteiger partial charge in [0.15, 0.2) is 0 Å². The van der Waals surface area contributed by atoms with Crippen LogP contribution in [0.25, 0.3) is 0 Å². The number of halogens is 3. The van der Waals surface area contributed by atoms with Crippen LogP contribution < -0.4 is 4.72 Å². The molecular formula is C13H10BrCl2NO3S. The first-order valence-corrected chi connectivity index (χ1v) is 8.74. The van der Waals surface area contributed by atoms with Crippen LogP contribution in [0.3, 0.4) is 0 Å². The van der Waals surface area contributed by atoms with Crippen molar-refractivity contribution >= 4 is 54.8 Å². The minimum absolute atomic E-state index is 0.00262. The summed E-state index contributed by atoms with van der Waals surface area (Å²) in [4.78, 5) is 0.00262. The third-order valence-electron chi connectivity index (χ3n) is 2.69. The van der Waals surface area contributed by atoms with Gasteiger partial charge in [0, 0.05) is 5.02 Å². The lowest BCUT2D eigenvalue weighted by Gasteiger charge is -2.11. The van der Waals surface area contributed by atoms with Gasteiger partial charge in [-0.05, 0) is 51.8 Å². The summed E-state index contributed by atoms with van der Waals surface area (Å²) in [7, 11) is -3.81. The Morgan fingerprint density at radius 2 is 1.86 bits per heavy atom. The second-order valence-corrected chi connectivity index (χ2v) is 7.41. The molecule has 0 spiro atoms. The molecule has 2 aromatic carbocycles. The van der Waals surface area contributed by atoms with Crippen LogP contribution in [0.2, 0.25) is 10.0 Å². The summed E-state index contributed by atoms with van der Waals surface area (Å²) in [5.41, 5.74) is 0.660. The Morgan fingerprint density at radius 3 is 2.52 bits per heavy atom. The zero-order chi connectivity index (χ0) is 15.6. The van der Waals surface area contributed by atoms with Crippen LogP contribution in [0.15, 0.2) is 45.8 Å². The van der Waals surface area contributed by atoms with E-state index < -0.39 is 10.0 Å². The smallest absolute Gasteiger partial charge is 0.261 e. The third kappa shape index (κ3) is 3.70. The van der Waals surface area contributed by atoms with Crippen molar-refractivity contribution in [2.75, 3.05) is 4.72 Å². The molecule has 0 fully saturated rings. The van der Waals surface area contributed by atoms with Crippen molar-refractivity contribution in [3.8, 4) is 0 Å². The zero-order valence-corrected chi connectivity index (χ0v) is 14.4. The molecule has 0 bridgehead atoms. The average Bonchev–Trinajstić information content (AvgIpc) is 2.44. The Bertz CT molecular complexity index is 781. The summed E-state index contributed by atoms with van der Waals surface area (Å²) in [5, 5.41) is 9.85. The highest BCUT2D eigenvalue weighted by molar-refractivity contribution is 9.10. The summed E-state index contributed by atoms with van der Waals surface area (Å²) in [6, 6.07) is 8.96. The molecule has 0 saturated carbocycles. The van der Waals surface area contributed by atoms with E-state index >= 15 is 0 Å². The van der Waals surface area contributed by atoms with Gasteiger partial charge < -0.3 is 5.11 Å². The number of aliphatic hydroxyl groups is 1. The minimum atomic E-state index is -3.81. The zero-order valence-electron chi connectivity index (χ0n) is 10.5. The Hall–Kier alpha value is -0.790. The lowest BCUT2D eigenvalue weighted by molar-refractivity contribution is 0.281. The van der Waals surface area contributed by atoms with Gasteiger partial charge in [0.1, 0.15) is 0 Å². The molecule has 0 amide bonds. The molecular weight excluding hydrogens is 401 g/mol. The highest BCUT2D eigenvalue weighted by Gasteiger charge is 2.17. The number of hydrogen-bond donors (Lipinski definition) is 2. The van der Waals surface area contributed by atoms with Crippen LogP contribution in [-0.4, -0.2) is 13.5 Å². The van der Waals surface area contributed by atoms with E-state index in [0.717, 1.165) is 0 Å². The molecule has 0 saturated heterocycles. The van der Waals surface area contributed by atoms with Crippen LogP contribution in [0.1, 0.15) is 5.56 Å². The highest BCUT2D eigenvalue weighted by atomic mass is 79.9. The number of aliphatic hydroxyl groups excluding tert-OH is 1. The van der Waals surface area contributed by atoms with Gasteiger partial charge in [-0.1, -0.05) is 29.3 Å². The fourth-order valence-corrected chi connectivity index (χ4v) is 3.59. The van der Waals surface area contributed by atoms with E-state index in [0.29, 0.717) is 25.8 Å². The summed E-state index contributed by atoms with van der Waals surface area (Å²) in [5.74, 6) is 0. The standard InChI is InChI=1S/C13H10BrCl2NO3S/c14-13-11(16)2-1-3-12(13)17-21(19,20)9-4-5-10(15)8(6-9)7-18/h1-6,17-18H,7H2. The molecule has 0 aliphatic rings. The normalized spacial score (nSPS) is 11.4. The molecule has 0 atom stereocenters. The van der Waals surface area contributed by atoms with Gasteiger partial charge in [0.05, 0.1) is 26.7 Å². The Kier molecular flexibility index (Phi) is 5.16. The molecule has 0 heterocycles. The summed E-state index contributed by atoms with van der Waals surface area (Å²) >= 11 is 15.0. The number of sulfonamides is 1. The third-order valence-corrected chi connectivity index (χ3v) is 5.82. The molecule has 4 nitrogen and oxygen atoms in total. The SMILES string of the molecule is O=S(=O)(Nc1cccc(Cl)c1Br)c1ccc(Cl)c(CO)c1. The maximum absolute atomic E-state index is 12.3. The van der Waals surface area contributed by atoms with Gasteiger partial charge >= 0.3 is 0 Å². The van der Waals surface area contributed by atoms with Gasteiger partial charge in [-0.25, -0.2) is 8.42 Å². The quantitative estimate of drug-likeness (QED) is 0.798. The summed E-state index contributed by atoms with van der Waals surface area (Å²) < 4.78 is 27.6. The van der Waals surface area contributed by atoms with Gasteiger partial charge in [-0.2, -0.15) is 0 Å². The molecule has 2 aromatic rings. The van der Waals surface area contributed by atoms with Crippen molar-refractivity contribution in [1.82, 2.24) is 0 Å². The van der Waals surface area contributed by atoms with E-state index in [1.54, 1.807) is 18.2 Å². The average molecular weight is 411 g/mol. The maximum atomic E-state index is 12.3. The van der Waals surface area contributed by atoms with Crippen LogP contribution in [0.5, 0.6) is 0 Å². The Morgan fingerprint density at radius 1 is 1.14 bits per heavy atom. The van der Waals surface area contributed by atoms with Crippen LogP contribution in [0, 0.1) is 0 Å². The van der Waals surface area contributed by atoms with Crippen molar-refractivity contribution in [1.29, 1.82) is 0 Å². The first kappa shape index (κ1) is 16.6. The van der Waals surface area contributed by atoms with Crippen molar-refractivity contribution in [3.63, 3.8) is 0 Å². The van der Waals surface area contributed by atoms with Gasteiger partial charge in [-0.15, -0.1) is 0 Å². The van der Waals surface area contributed by atoms with E-state index in [2.05, 4.69) is 20.7 Å². The largest absolute Gasteiger partial charge is 0.392 e. The second-order valence-electron chi connectivity index (χ2n) is 4.12. The van der Waals surface area contributed by atoms with Gasteiger partial charge in [-0.3, -0.25) is 4.72 Å². The first-order chi connectivity index (χ1) is 9.85. The Labute approximate surface area is 140 Å². The van der Waals surface area contributed by atoms with Crippen LogP contribution in [-0.2, 0) is 16.6 Å². The highest BCUT2D eigenvalue weighted by Crippen LogP contribution is 2.32. The molecule has 2 N–H and O–H groups in total. The molecule has 8 heteroatoms. The molecule has 21 heavy (non-hydrogen) atoms. The van der Waals surface area contributed by atoms with E-state index in [1.165, 1.54) is 18.2 Å². The van der Waals surface area contributed by atoms with E-state index in [-0.39, 0.29) is 11.5 Å². The van der Waals surface area contributed by atoms with Crippen molar-refractivity contribution in [2.24, 2.45) is 0 Å². The van der Waals surface area contributed by atoms with Crippen LogP contribution >= 0.6 is 39.1 Å². The minimum Gasteiger partial charge on any atom is -0.392 e. The molecule has 0 radical (unpaired) electrons. The van der Waals surface area contributed by atoms with E-state index in [4.69, 9.17) is 28.3 Å². The van der Waals surface area contributed by atoms with E-state index in [9.17, 15) is 8.42 Å². The lowest BCUT2D eigenvalue weighted by atomic mass is 10.2. The van der Waals surface area contributed by atoms with Crippen molar-refractivity contribution in [3.05, 3.63) is 56.5 Å². The molecule has 2 rings (SSSR count). The number of anilines is 1. The molecule has 0 unspecified atom stereocenters. The molecule has 0 aliphatic carbocycles. The predicted molar refractivity (Wildman–Crippen MR) is 87.3 cm³/mol. The fourth-order valence-electron chi connectivity index (χ4n) is 1.63. The summed E-state index contributed by atoms with van der Waals surface area (Å²) in [6.45, 7) is -0.344. The second kappa shape index (κ2) is 6.54. The van der Waals surface area contributed by atoms with Gasteiger partial charge in [0.2, 0.25) is 0 Å². The van der Waals surface area contributed by atoms with Crippen molar-refractivity contribution < 1.29 is 13.5 Å². The number of benzene rings is 2. The van der Waals surface area contributed by atoms with E-state index in [1.807, 2.05) is 0 Å². The Balaban J connectivity index is 2.41. The molecule has 0 aromatic heterocycles. The monoisotopic (exact) mass is 409 g/mol. The summed E-state index contributed by atoms with van der Waals surface area (Å²) in [6.07, 6.45) is 0. The first-order valence-electron chi connectivity index (χ1n) is 5.71. The van der Waals surface area contributed by atoms with Crippen LogP contribution in [0.4, 0.5) is 5.69 Å². The number of hydrogen-bond acceptors (Lipinski definition) is 3. The lowest BCUT2D eigenvalue weighted by Crippen LogP contribution is -2.13. The van der Waals surface area contributed by atoms with Crippen molar-refractivity contribution in [2.45, 2.75) is 11.5 Å². The molecule has 112 valence electrons. The number of nitrogens with one attached hydrogen (secondary N) is 1. The predicted octanol–water partition coefficient (Wildman–Crippen LogP) is 4.05. The fraction of sp³-hybridized carbons (Fsp3) is 0.0769. The van der Waals surface area contributed by atoms with Gasteiger partial charge in [0.25, 0.3) is 10.0 Å². The maximum Gasteiger partial charge on any atom is 0.261 e. The topological polar surface area (TPSA) is 66.4 Å².